The first-order chi connectivity index (χ1) is 13.6. The van der Waals surface area contributed by atoms with E-state index in [1.165, 1.54) is 0 Å². The Labute approximate surface area is 172 Å². The highest BCUT2D eigenvalue weighted by Gasteiger charge is 2.04. The van der Waals surface area contributed by atoms with Gasteiger partial charge in [-0.1, -0.05) is 36.4 Å². The minimum absolute atomic E-state index is 0.443. The van der Waals surface area contributed by atoms with Gasteiger partial charge in [-0.25, -0.2) is 0 Å². The van der Waals surface area contributed by atoms with Crippen LogP contribution in [0.25, 0.3) is 0 Å². The molecule has 0 saturated carbocycles. The molecule has 0 bridgehead atoms. The number of para-hydroxylation sites is 2. The second kappa shape index (κ2) is 11.8. The summed E-state index contributed by atoms with van der Waals surface area (Å²) in [6, 6.07) is 13.9. The average Bonchev–Trinajstić information content (AvgIpc) is 2.69. The fourth-order valence-corrected chi connectivity index (χ4v) is 2.66. The number of ether oxygens (including phenoxy) is 2. The molecule has 0 radical (unpaired) electrons. The molecular formula is C22H27N3O2S. The van der Waals surface area contributed by atoms with E-state index < -0.39 is 0 Å². The van der Waals surface area contributed by atoms with Crippen molar-refractivity contribution in [1.82, 2.24) is 10.7 Å². The normalized spacial score (nSPS) is 10.5. The third-order valence-corrected chi connectivity index (χ3v) is 4.13. The number of hydrazone groups is 1. The minimum atomic E-state index is 0.443. The maximum absolute atomic E-state index is 5.91. The Morgan fingerprint density at radius 1 is 1.07 bits per heavy atom. The van der Waals surface area contributed by atoms with Crippen LogP contribution in [0.5, 0.6) is 11.5 Å². The van der Waals surface area contributed by atoms with Gasteiger partial charge in [0.25, 0.3) is 0 Å². The number of hydrogen-bond donors (Lipinski definition) is 2. The summed E-state index contributed by atoms with van der Waals surface area (Å²) in [5.74, 6) is 1.73. The van der Waals surface area contributed by atoms with Crippen LogP contribution < -0.4 is 20.2 Å². The largest absolute Gasteiger partial charge is 0.493 e. The van der Waals surface area contributed by atoms with Gasteiger partial charge in [0, 0.05) is 18.5 Å². The van der Waals surface area contributed by atoms with Crippen LogP contribution in [0, 0.1) is 13.8 Å². The SMILES string of the molecule is C=CCNC(=S)N/N=C/c1ccccc1OCCCOc1c(C)cccc1C. The molecule has 0 amide bonds. The molecule has 6 heteroatoms. The fraction of sp³-hybridized carbons (Fsp3) is 0.273. The molecule has 5 nitrogen and oxygen atoms in total. The summed E-state index contributed by atoms with van der Waals surface area (Å²) in [5, 5.41) is 7.53. The molecule has 2 N–H and O–H groups in total. The Hall–Kier alpha value is -2.86. The van der Waals surface area contributed by atoms with Gasteiger partial charge in [0.2, 0.25) is 0 Å². The van der Waals surface area contributed by atoms with Crippen molar-refractivity contribution < 1.29 is 9.47 Å². The van der Waals surface area contributed by atoms with Gasteiger partial charge >= 0.3 is 0 Å². The zero-order valence-electron chi connectivity index (χ0n) is 16.4. The van der Waals surface area contributed by atoms with Crippen LogP contribution >= 0.6 is 12.2 Å². The van der Waals surface area contributed by atoms with Gasteiger partial charge in [-0.05, 0) is 49.3 Å². The van der Waals surface area contributed by atoms with E-state index in [-0.39, 0.29) is 0 Å². The molecule has 148 valence electrons. The number of aryl methyl sites for hydroxylation is 2. The molecule has 0 aromatic heterocycles. The third kappa shape index (κ3) is 7.04. The average molecular weight is 398 g/mol. The lowest BCUT2D eigenvalue weighted by atomic mass is 10.1. The summed E-state index contributed by atoms with van der Waals surface area (Å²) in [5.41, 5.74) is 5.93. The van der Waals surface area contributed by atoms with Gasteiger partial charge in [0.15, 0.2) is 5.11 Å². The van der Waals surface area contributed by atoms with Gasteiger partial charge in [-0.3, -0.25) is 5.43 Å². The monoisotopic (exact) mass is 397 g/mol. The van der Waals surface area contributed by atoms with Gasteiger partial charge < -0.3 is 14.8 Å². The van der Waals surface area contributed by atoms with Crippen LogP contribution in [0.3, 0.4) is 0 Å². The molecule has 2 rings (SSSR count). The number of rotatable bonds is 10. The Morgan fingerprint density at radius 2 is 1.79 bits per heavy atom. The lowest BCUT2D eigenvalue weighted by molar-refractivity contribution is 0.245. The van der Waals surface area contributed by atoms with E-state index in [4.69, 9.17) is 21.7 Å². The van der Waals surface area contributed by atoms with Gasteiger partial charge in [0.1, 0.15) is 11.5 Å². The maximum Gasteiger partial charge on any atom is 0.187 e. The Balaban J connectivity index is 1.80. The highest BCUT2D eigenvalue weighted by atomic mass is 32.1. The Morgan fingerprint density at radius 3 is 2.54 bits per heavy atom. The molecule has 0 heterocycles. The van der Waals surface area contributed by atoms with E-state index in [0.717, 1.165) is 34.6 Å². The maximum atomic E-state index is 5.91. The Bertz CT molecular complexity index is 801. The molecule has 0 spiro atoms. The summed E-state index contributed by atoms with van der Waals surface area (Å²) in [7, 11) is 0. The van der Waals surface area contributed by atoms with Crippen LogP contribution in [-0.2, 0) is 0 Å². The van der Waals surface area contributed by atoms with Gasteiger partial charge in [-0.2, -0.15) is 5.10 Å². The van der Waals surface area contributed by atoms with Crippen molar-refractivity contribution in [3.05, 3.63) is 71.8 Å². The third-order valence-electron chi connectivity index (χ3n) is 3.90. The first-order valence-corrected chi connectivity index (χ1v) is 9.61. The van der Waals surface area contributed by atoms with Crippen molar-refractivity contribution in [2.24, 2.45) is 5.10 Å². The van der Waals surface area contributed by atoms with Gasteiger partial charge in [0.05, 0.1) is 19.4 Å². The van der Waals surface area contributed by atoms with Crippen molar-refractivity contribution in [1.29, 1.82) is 0 Å². The molecule has 28 heavy (non-hydrogen) atoms. The molecular weight excluding hydrogens is 370 g/mol. The van der Waals surface area contributed by atoms with Crippen molar-refractivity contribution in [2.45, 2.75) is 20.3 Å². The summed E-state index contributed by atoms with van der Waals surface area (Å²) in [6.07, 6.45) is 4.20. The van der Waals surface area contributed by atoms with E-state index in [9.17, 15) is 0 Å². The molecule has 0 fully saturated rings. The lowest BCUT2D eigenvalue weighted by Gasteiger charge is -2.13. The first kappa shape index (κ1) is 21.4. The summed E-state index contributed by atoms with van der Waals surface area (Å²) >= 11 is 5.10. The molecule has 2 aromatic rings. The van der Waals surface area contributed by atoms with Crippen molar-refractivity contribution in [3.8, 4) is 11.5 Å². The van der Waals surface area contributed by atoms with Crippen LogP contribution in [0.4, 0.5) is 0 Å². The topological polar surface area (TPSA) is 54.9 Å². The van der Waals surface area contributed by atoms with Crippen LogP contribution in [0.15, 0.2) is 60.2 Å². The van der Waals surface area contributed by atoms with E-state index in [0.29, 0.717) is 24.9 Å². The van der Waals surface area contributed by atoms with Crippen LogP contribution in [-0.4, -0.2) is 31.1 Å². The lowest BCUT2D eigenvalue weighted by Crippen LogP contribution is -2.31. The number of benzene rings is 2. The van der Waals surface area contributed by atoms with E-state index in [2.05, 4.69) is 48.4 Å². The number of nitrogens with zero attached hydrogens (tertiary/aromatic N) is 1. The van der Waals surface area contributed by atoms with Gasteiger partial charge in [-0.15, -0.1) is 6.58 Å². The predicted octanol–water partition coefficient (Wildman–Crippen LogP) is 4.14. The van der Waals surface area contributed by atoms with E-state index in [1.54, 1.807) is 12.3 Å². The molecule has 0 aliphatic rings. The quantitative estimate of drug-likeness (QED) is 0.208. The summed E-state index contributed by atoms with van der Waals surface area (Å²) in [4.78, 5) is 0. The zero-order chi connectivity index (χ0) is 20.2. The molecule has 2 aromatic carbocycles. The highest BCUT2D eigenvalue weighted by molar-refractivity contribution is 7.80. The van der Waals surface area contributed by atoms with Crippen molar-refractivity contribution in [2.75, 3.05) is 19.8 Å². The predicted molar refractivity (Wildman–Crippen MR) is 119 cm³/mol. The van der Waals surface area contributed by atoms with Crippen LogP contribution in [0.1, 0.15) is 23.1 Å². The second-order valence-corrected chi connectivity index (χ2v) is 6.59. The number of hydrogen-bond acceptors (Lipinski definition) is 4. The smallest absolute Gasteiger partial charge is 0.187 e. The standard InChI is InChI=1S/C22H27N3O2S/c1-4-13-23-22(28)25-24-16-19-11-5-6-12-20(19)26-14-8-15-27-21-17(2)9-7-10-18(21)3/h4-7,9-12,16H,1,8,13-15H2,2-3H3,(H2,23,25,28)/b24-16+. The zero-order valence-corrected chi connectivity index (χ0v) is 17.2. The molecule has 0 unspecified atom stereocenters. The molecule has 0 aliphatic heterocycles. The molecule has 0 saturated heterocycles. The highest BCUT2D eigenvalue weighted by Crippen LogP contribution is 2.22. The van der Waals surface area contributed by atoms with Crippen LogP contribution in [0.2, 0.25) is 0 Å². The van der Waals surface area contributed by atoms with E-state index >= 15 is 0 Å². The molecule has 0 atom stereocenters. The van der Waals surface area contributed by atoms with Crippen molar-refractivity contribution >= 4 is 23.5 Å². The minimum Gasteiger partial charge on any atom is -0.493 e. The first-order valence-electron chi connectivity index (χ1n) is 9.20. The second-order valence-electron chi connectivity index (χ2n) is 6.18. The summed E-state index contributed by atoms with van der Waals surface area (Å²) < 4.78 is 11.8. The number of nitrogens with one attached hydrogen (secondary N) is 2. The molecule has 0 aliphatic carbocycles. The summed E-state index contributed by atoms with van der Waals surface area (Å²) in [6.45, 7) is 9.49. The van der Waals surface area contributed by atoms with Crippen molar-refractivity contribution in [3.63, 3.8) is 0 Å². The number of thiocarbonyl (C=S) groups is 1. The Kier molecular flexibility index (Phi) is 9.01. The van der Waals surface area contributed by atoms with E-state index in [1.807, 2.05) is 30.3 Å². The fourth-order valence-electron chi connectivity index (χ4n) is 2.53.